The van der Waals surface area contributed by atoms with Crippen LogP contribution in [0, 0.1) is 0 Å². The van der Waals surface area contributed by atoms with Gasteiger partial charge in [0.15, 0.2) is 14.9 Å². The lowest BCUT2D eigenvalue weighted by atomic mass is 10.5. The van der Waals surface area contributed by atoms with Gasteiger partial charge in [-0.3, -0.25) is 0 Å². The van der Waals surface area contributed by atoms with Crippen LogP contribution >= 0.6 is 15.9 Å². The minimum atomic E-state index is -3.70. The molecule has 0 saturated heterocycles. The Bertz CT molecular complexity index is 373. The lowest BCUT2D eigenvalue weighted by molar-refractivity contribution is 0.477. The molecule has 0 radical (unpaired) electrons. The van der Waals surface area contributed by atoms with E-state index in [1.807, 2.05) is 0 Å². The van der Waals surface area contributed by atoms with Crippen molar-refractivity contribution < 1.29 is 16.8 Å². The van der Waals surface area contributed by atoms with Gasteiger partial charge in [0.2, 0.25) is 10.0 Å². The Morgan fingerprint density at radius 1 is 1.29 bits per heavy atom. The van der Waals surface area contributed by atoms with Crippen molar-refractivity contribution in [3.05, 3.63) is 0 Å². The van der Waals surface area contributed by atoms with Crippen LogP contribution in [0.3, 0.4) is 0 Å². The Balaban J connectivity index is 4.64. The quantitative estimate of drug-likeness (QED) is 0.672. The fourth-order valence-electron chi connectivity index (χ4n) is 0.828. The largest absolute Gasteiger partial charge is 0.228 e. The molecule has 0 aromatic rings. The molecule has 0 spiro atoms. The zero-order valence-corrected chi connectivity index (χ0v) is 11.5. The number of halogens is 1. The number of hydrogen-bond acceptors (Lipinski definition) is 4. The van der Waals surface area contributed by atoms with Crippen molar-refractivity contribution >= 4 is 35.8 Å². The predicted molar refractivity (Wildman–Crippen MR) is 59.6 cm³/mol. The first-order valence-corrected chi connectivity index (χ1v) is 8.39. The van der Waals surface area contributed by atoms with Gasteiger partial charge in [-0.15, -0.1) is 0 Å². The lowest BCUT2D eigenvalue weighted by Crippen LogP contribution is -2.35. The Morgan fingerprint density at radius 3 is 2.00 bits per heavy atom. The van der Waals surface area contributed by atoms with E-state index in [4.69, 9.17) is 0 Å². The molecule has 0 heterocycles. The highest BCUT2D eigenvalue weighted by atomic mass is 79.9. The normalized spacial score (nSPS) is 15.8. The molecule has 0 N–H and O–H groups in total. The molecule has 1 unspecified atom stereocenters. The van der Waals surface area contributed by atoms with Gasteiger partial charge in [-0.1, -0.05) is 22.9 Å². The topological polar surface area (TPSA) is 71.5 Å². The van der Waals surface area contributed by atoms with Crippen molar-refractivity contribution in [2.75, 3.05) is 24.9 Å². The van der Waals surface area contributed by atoms with Gasteiger partial charge >= 0.3 is 0 Å². The molecule has 0 aromatic heterocycles. The van der Waals surface area contributed by atoms with E-state index in [9.17, 15) is 16.8 Å². The van der Waals surface area contributed by atoms with Crippen LogP contribution in [0.2, 0.25) is 0 Å². The molecule has 8 heteroatoms. The van der Waals surface area contributed by atoms with Gasteiger partial charge in [0.05, 0.1) is 0 Å². The van der Waals surface area contributed by atoms with Crippen LogP contribution in [0.15, 0.2) is 0 Å². The first-order chi connectivity index (χ1) is 6.04. The third-order valence-electron chi connectivity index (χ3n) is 1.35. The van der Waals surface area contributed by atoms with E-state index in [1.54, 1.807) is 6.92 Å². The molecule has 0 saturated carbocycles. The van der Waals surface area contributed by atoms with Gasteiger partial charge in [0, 0.05) is 24.7 Å². The first kappa shape index (κ1) is 14.3. The zero-order chi connectivity index (χ0) is 11.6. The molecule has 14 heavy (non-hydrogen) atoms. The number of rotatable bonds is 5. The van der Waals surface area contributed by atoms with Crippen LogP contribution in [-0.4, -0.2) is 50.9 Å². The SMILES string of the molecule is CC(Br)CN(C)S(=O)(=O)CS(C)(=O)=O. The molecule has 0 aliphatic carbocycles. The van der Waals surface area contributed by atoms with E-state index in [0.717, 1.165) is 10.6 Å². The van der Waals surface area contributed by atoms with Crippen molar-refractivity contribution in [3.63, 3.8) is 0 Å². The average molecular weight is 308 g/mol. The fourth-order valence-corrected chi connectivity index (χ4v) is 4.79. The van der Waals surface area contributed by atoms with Crippen LogP contribution in [0.4, 0.5) is 0 Å². The Morgan fingerprint density at radius 2 is 1.71 bits per heavy atom. The lowest BCUT2D eigenvalue weighted by Gasteiger charge is -2.17. The summed E-state index contributed by atoms with van der Waals surface area (Å²) in [4.78, 5) is -0.0122. The maximum Gasteiger partial charge on any atom is 0.228 e. The summed E-state index contributed by atoms with van der Waals surface area (Å²) >= 11 is 3.19. The Hall–Kier alpha value is 0.340. The summed E-state index contributed by atoms with van der Waals surface area (Å²) in [5, 5.41) is -0.837. The summed E-state index contributed by atoms with van der Waals surface area (Å²) < 4.78 is 45.5. The van der Waals surface area contributed by atoms with Crippen molar-refractivity contribution in [3.8, 4) is 0 Å². The summed E-state index contributed by atoms with van der Waals surface area (Å²) in [6.07, 6.45) is 0.899. The number of nitrogens with zero attached hydrogens (tertiary/aromatic N) is 1. The standard InChI is InChI=1S/C6H14BrNO4S2/c1-6(7)4-8(2)14(11,12)5-13(3,9)10/h6H,4-5H2,1-3H3. The molecular formula is C6H14BrNO4S2. The molecule has 0 aliphatic rings. The first-order valence-electron chi connectivity index (χ1n) is 3.80. The molecule has 0 bridgehead atoms. The minimum absolute atomic E-state index is 0.0122. The van der Waals surface area contributed by atoms with E-state index in [-0.39, 0.29) is 11.4 Å². The molecule has 0 fully saturated rings. The summed E-state index contributed by atoms with van der Waals surface area (Å²) in [6, 6.07) is 0. The molecule has 0 aromatic carbocycles. The molecular weight excluding hydrogens is 294 g/mol. The second kappa shape index (κ2) is 4.91. The third-order valence-corrected chi connectivity index (χ3v) is 5.64. The summed E-state index contributed by atoms with van der Waals surface area (Å²) in [6.45, 7) is 2.03. The maximum atomic E-state index is 11.4. The van der Waals surface area contributed by atoms with E-state index >= 15 is 0 Å². The van der Waals surface area contributed by atoms with Gasteiger partial charge in [0.25, 0.3) is 0 Å². The van der Waals surface area contributed by atoms with Crippen LogP contribution in [0.25, 0.3) is 0 Å². The highest BCUT2D eigenvalue weighted by Gasteiger charge is 2.23. The van der Waals surface area contributed by atoms with Crippen molar-refractivity contribution in [2.45, 2.75) is 11.8 Å². The maximum absolute atomic E-state index is 11.4. The Labute approximate surface area is 93.6 Å². The highest BCUT2D eigenvalue weighted by molar-refractivity contribution is 9.09. The van der Waals surface area contributed by atoms with E-state index in [1.165, 1.54) is 7.05 Å². The van der Waals surface area contributed by atoms with Gasteiger partial charge in [0.1, 0.15) is 0 Å². The molecule has 5 nitrogen and oxygen atoms in total. The number of alkyl halides is 1. The molecule has 1 atom stereocenters. The van der Waals surface area contributed by atoms with Crippen LogP contribution in [0.1, 0.15) is 6.92 Å². The second-order valence-corrected chi connectivity index (χ2v) is 9.36. The van der Waals surface area contributed by atoms with Crippen LogP contribution in [-0.2, 0) is 19.9 Å². The Kier molecular flexibility index (Phi) is 5.03. The summed E-state index contributed by atoms with van der Waals surface area (Å²) in [7, 11) is -5.85. The second-order valence-electron chi connectivity index (χ2n) is 3.22. The summed E-state index contributed by atoms with van der Waals surface area (Å²) in [5.74, 6) is 0. The minimum Gasteiger partial charge on any atom is -0.228 e. The van der Waals surface area contributed by atoms with Gasteiger partial charge in [-0.25, -0.2) is 21.1 Å². The van der Waals surface area contributed by atoms with Gasteiger partial charge in [-0.2, -0.15) is 0 Å². The van der Waals surface area contributed by atoms with Crippen LogP contribution in [0.5, 0.6) is 0 Å². The number of hydrogen-bond donors (Lipinski definition) is 0. The van der Waals surface area contributed by atoms with E-state index in [2.05, 4.69) is 15.9 Å². The molecule has 86 valence electrons. The van der Waals surface area contributed by atoms with Gasteiger partial charge < -0.3 is 0 Å². The van der Waals surface area contributed by atoms with Crippen molar-refractivity contribution in [2.24, 2.45) is 0 Å². The fraction of sp³-hybridized carbons (Fsp3) is 1.00. The highest BCUT2D eigenvalue weighted by Crippen LogP contribution is 2.06. The number of sulfonamides is 1. The molecule has 0 rings (SSSR count). The predicted octanol–water partition coefficient (Wildman–Crippen LogP) is 0.0335. The smallest absolute Gasteiger partial charge is 0.228 e. The number of sulfone groups is 1. The van der Waals surface area contributed by atoms with E-state index < -0.39 is 24.9 Å². The average Bonchev–Trinajstić information content (AvgIpc) is 1.78. The molecule has 0 amide bonds. The van der Waals surface area contributed by atoms with Gasteiger partial charge in [-0.05, 0) is 0 Å². The summed E-state index contributed by atoms with van der Waals surface area (Å²) in [5.41, 5.74) is 0. The monoisotopic (exact) mass is 307 g/mol. The molecule has 0 aliphatic heterocycles. The third kappa shape index (κ3) is 5.94. The van der Waals surface area contributed by atoms with Crippen LogP contribution < -0.4 is 0 Å². The zero-order valence-electron chi connectivity index (χ0n) is 8.27. The van der Waals surface area contributed by atoms with E-state index in [0.29, 0.717) is 0 Å². The van der Waals surface area contributed by atoms with Crippen molar-refractivity contribution in [1.82, 2.24) is 4.31 Å². The van der Waals surface area contributed by atoms with Crippen molar-refractivity contribution in [1.29, 1.82) is 0 Å².